The van der Waals surface area contributed by atoms with E-state index in [1.165, 1.54) is 38.3 Å². The quantitative estimate of drug-likeness (QED) is 0.487. The lowest BCUT2D eigenvalue weighted by molar-refractivity contribution is 0.0136. The van der Waals surface area contributed by atoms with Crippen LogP contribution in [0.4, 0.5) is 5.69 Å². The standard InChI is InChI=1S/C28H36N6O3/c1-32-18-25(30-31-32)28(12-13-28)26-24(27(35)36)16-29-34(26)22-10-5-9-21(15-22)33-14-6-11-23(17-33)37-19-20-7-3-2-4-8-20/h5,9-10,15-16,18,20,23H,2-4,6-8,11-14,17,19H2,1H3,(H,35,36)/t23-/m1/s1. The van der Waals surface area contributed by atoms with Crippen LogP contribution >= 0.6 is 0 Å². The SMILES string of the molecule is Cn1cc(C2(c3c(C(=O)O)cnn3-c3cccc(N4CCC[C@@H](OCC5CCCCC5)C4)c3)CC2)nn1. The lowest BCUT2D eigenvalue weighted by Gasteiger charge is -2.35. The summed E-state index contributed by atoms with van der Waals surface area (Å²) in [6.07, 6.45) is 14.1. The summed E-state index contributed by atoms with van der Waals surface area (Å²) in [5.41, 5.74) is 3.21. The van der Waals surface area contributed by atoms with E-state index in [-0.39, 0.29) is 11.7 Å². The number of anilines is 1. The van der Waals surface area contributed by atoms with Crippen molar-refractivity contribution in [2.24, 2.45) is 13.0 Å². The molecule has 3 aromatic rings. The first-order chi connectivity index (χ1) is 18.0. The second kappa shape index (κ2) is 9.93. The van der Waals surface area contributed by atoms with Crippen molar-refractivity contribution < 1.29 is 14.6 Å². The highest BCUT2D eigenvalue weighted by Gasteiger charge is 2.53. The molecule has 9 heteroatoms. The molecule has 6 rings (SSSR count). The first-order valence-electron chi connectivity index (χ1n) is 13.7. The number of hydrogen-bond acceptors (Lipinski definition) is 6. The third-order valence-corrected chi connectivity index (χ3v) is 8.41. The molecule has 3 fully saturated rings. The van der Waals surface area contributed by atoms with Gasteiger partial charge in [0.2, 0.25) is 0 Å². The lowest BCUT2D eigenvalue weighted by Crippen LogP contribution is -2.40. The van der Waals surface area contributed by atoms with E-state index in [2.05, 4.69) is 32.4 Å². The summed E-state index contributed by atoms with van der Waals surface area (Å²) < 4.78 is 9.87. The number of hydrogen-bond donors (Lipinski definition) is 1. The first kappa shape index (κ1) is 24.2. The molecule has 196 valence electrons. The molecule has 1 aliphatic heterocycles. The van der Waals surface area contributed by atoms with E-state index in [1.54, 1.807) is 9.36 Å². The van der Waals surface area contributed by atoms with Crippen molar-refractivity contribution >= 4 is 11.7 Å². The number of aromatic nitrogens is 5. The van der Waals surface area contributed by atoms with E-state index < -0.39 is 11.4 Å². The van der Waals surface area contributed by atoms with Gasteiger partial charge in [-0.1, -0.05) is 30.5 Å². The molecule has 0 spiro atoms. The highest BCUT2D eigenvalue weighted by Crippen LogP contribution is 2.54. The summed E-state index contributed by atoms with van der Waals surface area (Å²) in [5, 5.41) is 23.0. The third kappa shape index (κ3) is 4.77. The number of rotatable bonds is 8. The van der Waals surface area contributed by atoms with Crippen molar-refractivity contribution in [2.45, 2.75) is 69.3 Å². The van der Waals surface area contributed by atoms with Gasteiger partial charge in [-0.05, 0) is 62.6 Å². The molecular formula is C28H36N6O3. The van der Waals surface area contributed by atoms with Crippen LogP contribution in [0.3, 0.4) is 0 Å². The number of aryl methyl sites for hydroxylation is 1. The molecule has 0 bridgehead atoms. The minimum absolute atomic E-state index is 0.225. The molecule has 9 nitrogen and oxygen atoms in total. The maximum absolute atomic E-state index is 12.2. The van der Waals surface area contributed by atoms with Gasteiger partial charge in [0.25, 0.3) is 0 Å². The number of carboxylic acid groups (broad SMARTS) is 1. The molecule has 1 saturated heterocycles. The van der Waals surface area contributed by atoms with Crippen LogP contribution in [0.2, 0.25) is 0 Å². The lowest BCUT2D eigenvalue weighted by atomic mass is 9.90. The maximum Gasteiger partial charge on any atom is 0.339 e. The molecule has 0 amide bonds. The van der Waals surface area contributed by atoms with Gasteiger partial charge in [0.1, 0.15) is 5.56 Å². The number of nitrogens with zero attached hydrogens (tertiary/aromatic N) is 6. The van der Waals surface area contributed by atoms with Crippen molar-refractivity contribution in [1.29, 1.82) is 0 Å². The summed E-state index contributed by atoms with van der Waals surface area (Å²) in [6.45, 7) is 2.76. The number of benzene rings is 1. The Labute approximate surface area is 217 Å². The van der Waals surface area contributed by atoms with Crippen molar-refractivity contribution in [3.8, 4) is 5.69 Å². The van der Waals surface area contributed by atoms with Gasteiger partial charge < -0.3 is 14.7 Å². The van der Waals surface area contributed by atoms with E-state index in [1.807, 2.05) is 25.4 Å². The summed E-state index contributed by atoms with van der Waals surface area (Å²) in [5.74, 6) is -0.250. The molecular weight excluding hydrogens is 468 g/mol. The highest BCUT2D eigenvalue weighted by atomic mass is 16.5. The van der Waals surface area contributed by atoms with Crippen LogP contribution in [-0.4, -0.2) is 61.7 Å². The Hall–Kier alpha value is -3.20. The maximum atomic E-state index is 12.2. The normalized spacial score (nSPS) is 21.8. The van der Waals surface area contributed by atoms with Crippen LogP contribution in [0.25, 0.3) is 5.69 Å². The topological polar surface area (TPSA) is 98.3 Å². The Morgan fingerprint density at radius 2 is 1.95 bits per heavy atom. The number of carbonyl (C=O) groups is 1. The zero-order valence-corrected chi connectivity index (χ0v) is 21.6. The molecule has 2 aromatic heterocycles. The van der Waals surface area contributed by atoms with Crippen LogP contribution in [0.1, 0.15) is 79.5 Å². The summed E-state index contributed by atoms with van der Waals surface area (Å²) >= 11 is 0. The molecule has 1 N–H and O–H groups in total. The Morgan fingerprint density at radius 3 is 2.68 bits per heavy atom. The Kier molecular flexibility index (Phi) is 6.48. The summed E-state index contributed by atoms with van der Waals surface area (Å²) in [4.78, 5) is 14.6. The average molecular weight is 505 g/mol. The number of carboxylic acids is 1. The van der Waals surface area contributed by atoms with Gasteiger partial charge in [-0.3, -0.25) is 4.68 Å². The van der Waals surface area contributed by atoms with Gasteiger partial charge in [0, 0.05) is 38.6 Å². The minimum atomic E-state index is -0.971. The van der Waals surface area contributed by atoms with Gasteiger partial charge in [0.05, 0.1) is 34.8 Å². The van der Waals surface area contributed by atoms with Gasteiger partial charge in [-0.15, -0.1) is 5.10 Å². The highest BCUT2D eigenvalue weighted by molar-refractivity contribution is 5.90. The minimum Gasteiger partial charge on any atom is -0.478 e. The fourth-order valence-corrected chi connectivity index (χ4v) is 6.22. The smallest absolute Gasteiger partial charge is 0.339 e. The van der Waals surface area contributed by atoms with Crippen molar-refractivity contribution in [2.75, 3.05) is 24.6 Å². The molecule has 2 saturated carbocycles. The van der Waals surface area contributed by atoms with Crippen LogP contribution in [0, 0.1) is 5.92 Å². The fraction of sp³-hybridized carbons (Fsp3) is 0.571. The van der Waals surface area contributed by atoms with E-state index in [0.717, 1.165) is 68.4 Å². The predicted molar refractivity (Wildman–Crippen MR) is 139 cm³/mol. The van der Waals surface area contributed by atoms with Gasteiger partial charge >= 0.3 is 5.97 Å². The summed E-state index contributed by atoms with van der Waals surface area (Å²) in [6, 6.07) is 8.28. The Bertz CT molecular complexity index is 1260. The third-order valence-electron chi connectivity index (χ3n) is 8.41. The number of piperidine rings is 1. The Balaban J connectivity index is 1.25. The average Bonchev–Trinajstić information content (AvgIpc) is 3.38. The van der Waals surface area contributed by atoms with Crippen molar-refractivity contribution in [3.05, 3.63) is 53.6 Å². The monoisotopic (exact) mass is 504 g/mol. The molecule has 2 aliphatic carbocycles. The van der Waals surface area contributed by atoms with Crippen LogP contribution < -0.4 is 4.90 Å². The molecule has 1 aromatic carbocycles. The number of aromatic carboxylic acids is 1. The van der Waals surface area contributed by atoms with Crippen LogP contribution in [0.15, 0.2) is 36.7 Å². The van der Waals surface area contributed by atoms with Crippen molar-refractivity contribution in [3.63, 3.8) is 0 Å². The van der Waals surface area contributed by atoms with E-state index in [4.69, 9.17) is 4.74 Å². The summed E-state index contributed by atoms with van der Waals surface area (Å²) in [7, 11) is 1.83. The second-order valence-electron chi connectivity index (χ2n) is 11.1. The molecule has 3 aliphatic rings. The zero-order chi connectivity index (χ0) is 25.4. The van der Waals surface area contributed by atoms with E-state index in [0.29, 0.717) is 5.69 Å². The van der Waals surface area contributed by atoms with Gasteiger partial charge in [0.15, 0.2) is 0 Å². The largest absolute Gasteiger partial charge is 0.478 e. The fourth-order valence-electron chi connectivity index (χ4n) is 6.22. The zero-order valence-electron chi connectivity index (χ0n) is 21.6. The van der Waals surface area contributed by atoms with Crippen LogP contribution in [-0.2, 0) is 17.2 Å². The first-order valence-corrected chi connectivity index (χ1v) is 13.7. The van der Waals surface area contributed by atoms with E-state index >= 15 is 0 Å². The van der Waals surface area contributed by atoms with Crippen molar-refractivity contribution in [1.82, 2.24) is 24.8 Å². The van der Waals surface area contributed by atoms with Crippen LogP contribution in [0.5, 0.6) is 0 Å². The second-order valence-corrected chi connectivity index (χ2v) is 11.1. The predicted octanol–water partition coefficient (Wildman–Crippen LogP) is 4.34. The Morgan fingerprint density at radius 1 is 1.14 bits per heavy atom. The van der Waals surface area contributed by atoms with Gasteiger partial charge in [-0.25, -0.2) is 9.48 Å². The molecule has 0 unspecified atom stereocenters. The van der Waals surface area contributed by atoms with E-state index in [9.17, 15) is 9.90 Å². The molecule has 3 heterocycles. The molecule has 0 radical (unpaired) electrons. The van der Waals surface area contributed by atoms with Gasteiger partial charge in [-0.2, -0.15) is 5.10 Å². The number of ether oxygens (including phenoxy) is 1. The molecule has 37 heavy (non-hydrogen) atoms. The molecule has 1 atom stereocenters.